The molecule has 1 atom stereocenters. The quantitative estimate of drug-likeness (QED) is 0.842. The number of aromatic nitrogens is 2. The fourth-order valence-electron chi connectivity index (χ4n) is 4.95. The standard InChI is InChI=1S/C23H31N3O/c1-16-21-19(24-22(27)17-10-6-4-7-11-17)14-23(2,3)15-20(21)26(25-16)18-12-8-5-9-13-18/h5,8-9,12-13,17,19H,4,6-7,10-11,14-15H2,1-3H3,(H,24,27). The Morgan fingerprint density at radius 2 is 1.85 bits per heavy atom. The number of hydrogen-bond donors (Lipinski definition) is 1. The van der Waals surface area contributed by atoms with Crippen molar-refractivity contribution in [2.75, 3.05) is 0 Å². The van der Waals surface area contributed by atoms with Crippen LogP contribution in [0.5, 0.6) is 0 Å². The van der Waals surface area contributed by atoms with E-state index in [0.29, 0.717) is 0 Å². The van der Waals surface area contributed by atoms with Crippen molar-refractivity contribution in [3.05, 3.63) is 47.3 Å². The summed E-state index contributed by atoms with van der Waals surface area (Å²) in [6.07, 6.45) is 7.67. The van der Waals surface area contributed by atoms with Crippen molar-refractivity contribution < 1.29 is 4.79 Å². The Balaban J connectivity index is 1.67. The molecule has 0 saturated heterocycles. The van der Waals surface area contributed by atoms with Crippen LogP contribution in [-0.4, -0.2) is 15.7 Å². The second-order valence-electron chi connectivity index (χ2n) is 9.13. The lowest BCUT2D eigenvalue weighted by molar-refractivity contribution is -0.127. The molecule has 2 aliphatic rings. The van der Waals surface area contributed by atoms with Crippen LogP contribution in [0, 0.1) is 18.3 Å². The smallest absolute Gasteiger partial charge is 0.223 e. The van der Waals surface area contributed by atoms with E-state index in [0.717, 1.165) is 37.1 Å². The van der Waals surface area contributed by atoms with Crippen molar-refractivity contribution in [2.24, 2.45) is 11.3 Å². The average molecular weight is 366 g/mol. The highest BCUT2D eigenvalue weighted by molar-refractivity contribution is 5.79. The summed E-state index contributed by atoms with van der Waals surface area (Å²) in [5.74, 6) is 0.437. The molecule has 0 aliphatic heterocycles. The first-order valence-electron chi connectivity index (χ1n) is 10.4. The van der Waals surface area contributed by atoms with Crippen molar-refractivity contribution in [3.63, 3.8) is 0 Å². The summed E-state index contributed by atoms with van der Waals surface area (Å²) in [6, 6.07) is 10.4. The van der Waals surface area contributed by atoms with Gasteiger partial charge in [-0.15, -0.1) is 0 Å². The molecule has 1 fully saturated rings. The first-order chi connectivity index (χ1) is 12.9. The number of aryl methyl sites for hydroxylation is 1. The Kier molecular flexibility index (Phi) is 4.83. The summed E-state index contributed by atoms with van der Waals surface area (Å²) in [5, 5.41) is 8.28. The third-order valence-electron chi connectivity index (χ3n) is 6.25. The zero-order valence-corrected chi connectivity index (χ0v) is 16.8. The first-order valence-corrected chi connectivity index (χ1v) is 10.4. The molecule has 4 heteroatoms. The lowest BCUT2D eigenvalue weighted by Gasteiger charge is -2.37. The van der Waals surface area contributed by atoms with Crippen LogP contribution in [0.25, 0.3) is 5.69 Å². The number of carbonyl (C=O) groups excluding carboxylic acids is 1. The topological polar surface area (TPSA) is 46.9 Å². The fraction of sp³-hybridized carbons (Fsp3) is 0.565. The van der Waals surface area contributed by atoms with E-state index in [9.17, 15) is 4.79 Å². The van der Waals surface area contributed by atoms with Gasteiger partial charge < -0.3 is 5.32 Å². The molecule has 4 rings (SSSR count). The number of hydrogen-bond acceptors (Lipinski definition) is 2. The van der Waals surface area contributed by atoms with Gasteiger partial charge in [0.15, 0.2) is 0 Å². The summed E-state index contributed by atoms with van der Waals surface area (Å²) in [7, 11) is 0. The minimum atomic E-state index is 0.0654. The van der Waals surface area contributed by atoms with Gasteiger partial charge in [-0.25, -0.2) is 4.68 Å². The molecule has 1 saturated carbocycles. The van der Waals surface area contributed by atoms with Gasteiger partial charge in [-0.3, -0.25) is 4.79 Å². The molecule has 27 heavy (non-hydrogen) atoms. The number of carbonyl (C=O) groups is 1. The van der Waals surface area contributed by atoms with Gasteiger partial charge in [-0.2, -0.15) is 5.10 Å². The van der Waals surface area contributed by atoms with Crippen molar-refractivity contribution in [2.45, 2.75) is 71.8 Å². The fourth-order valence-corrected chi connectivity index (χ4v) is 4.95. The van der Waals surface area contributed by atoms with E-state index in [1.807, 2.05) is 6.07 Å². The van der Waals surface area contributed by atoms with Gasteiger partial charge >= 0.3 is 0 Å². The molecule has 1 amide bonds. The van der Waals surface area contributed by atoms with E-state index in [1.165, 1.54) is 30.5 Å². The molecular formula is C23H31N3O. The molecule has 0 radical (unpaired) electrons. The third kappa shape index (κ3) is 3.67. The minimum Gasteiger partial charge on any atom is -0.349 e. The highest BCUT2D eigenvalue weighted by atomic mass is 16.1. The van der Waals surface area contributed by atoms with Gasteiger partial charge in [0.25, 0.3) is 0 Å². The van der Waals surface area contributed by atoms with Crippen LogP contribution >= 0.6 is 0 Å². The highest BCUT2D eigenvalue weighted by Gasteiger charge is 2.38. The van der Waals surface area contributed by atoms with Crippen LogP contribution in [-0.2, 0) is 11.2 Å². The number of nitrogens with one attached hydrogen (secondary N) is 1. The second-order valence-corrected chi connectivity index (χ2v) is 9.13. The zero-order valence-electron chi connectivity index (χ0n) is 16.8. The van der Waals surface area contributed by atoms with Crippen molar-refractivity contribution in [1.82, 2.24) is 15.1 Å². The molecule has 1 aromatic carbocycles. The summed E-state index contributed by atoms with van der Waals surface area (Å²) < 4.78 is 2.09. The van der Waals surface area contributed by atoms with Gasteiger partial charge in [-0.1, -0.05) is 51.3 Å². The average Bonchev–Trinajstić information content (AvgIpc) is 2.98. The molecule has 0 bridgehead atoms. The van der Waals surface area contributed by atoms with Gasteiger partial charge in [0.1, 0.15) is 0 Å². The number of nitrogens with zero attached hydrogens (tertiary/aromatic N) is 2. The Labute approximate surface area is 162 Å². The van der Waals surface area contributed by atoms with E-state index in [4.69, 9.17) is 5.10 Å². The molecule has 1 heterocycles. The Bertz CT molecular complexity index is 816. The normalized spacial score (nSPS) is 22.3. The molecule has 1 unspecified atom stereocenters. The van der Waals surface area contributed by atoms with Gasteiger partial charge in [-0.05, 0) is 50.2 Å². The van der Waals surface area contributed by atoms with Gasteiger partial charge in [0, 0.05) is 11.5 Å². The second kappa shape index (κ2) is 7.14. The predicted octanol–water partition coefficient (Wildman–Crippen LogP) is 4.89. The maximum atomic E-state index is 12.9. The summed E-state index contributed by atoms with van der Waals surface area (Å²) in [5.41, 5.74) is 4.76. The summed E-state index contributed by atoms with van der Waals surface area (Å²) in [4.78, 5) is 12.9. The Morgan fingerprint density at radius 1 is 1.15 bits per heavy atom. The van der Waals surface area contributed by atoms with Crippen LogP contribution in [0.4, 0.5) is 0 Å². The SMILES string of the molecule is Cc1nn(-c2ccccc2)c2c1C(NC(=O)C1CCCCC1)CC(C)(C)C2. The van der Waals surface area contributed by atoms with Crippen LogP contribution in [0.3, 0.4) is 0 Å². The maximum Gasteiger partial charge on any atom is 0.223 e. The minimum absolute atomic E-state index is 0.0654. The molecule has 4 nitrogen and oxygen atoms in total. The Hall–Kier alpha value is -2.10. The van der Waals surface area contributed by atoms with Crippen molar-refractivity contribution in [3.8, 4) is 5.69 Å². The molecule has 2 aliphatic carbocycles. The third-order valence-corrected chi connectivity index (χ3v) is 6.25. The van der Waals surface area contributed by atoms with Crippen LogP contribution < -0.4 is 5.32 Å². The Morgan fingerprint density at radius 3 is 2.56 bits per heavy atom. The van der Waals surface area contributed by atoms with Crippen molar-refractivity contribution in [1.29, 1.82) is 0 Å². The molecular weight excluding hydrogens is 334 g/mol. The van der Waals surface area contributed by atoms with E-state index in [1.54, 1.807) is 0 Å². The summed E-state index contributed by atoms with van der Waals surface area (Å²) >= 11 is 0. The molecule has 1 N–H and O–H groups in total. The van der Waals surface area contributed by atoms with E-state index in [-0.39, 0.29) is 23.3 Å². The number of rotatable bonds is 3. The van der Waals surface area contributed by atoms with Crippen LogP contribution in [0.2, 0.25) is 0 Å². The maximum absolute atomic E-state index is 12.9. The molecule has 2 aromatic rings. The van der Waals surface area contributed by atoms with Crippen LogP contribution in [0.15, 0.2) is 30.3 Å². The number of fused-ring (bicyclic) bond motifs is 1. The molecule has 0 spiro atoms. The predicted molar refractivity (Wildman–Crippen MR) is 108 cm³/mol. The van der Waals surface area contributed by atoms with Gasteiger partial charge in [0.05, 0.1) is 23.1 Å². The zero-order chi connectivity index (χ0) is 19.0. The van der Waals surface area contributed by atoms with Crippen molar-refractivity contribution >= 4 is 5.91 Å². The number of para-hydroxylation sites is 1. The number of amides is 1. The largest absolute Gasteiger partial charge is 0.349 e. The summed E-state index contributed by atoms with van der Waals surface area (Å²) in [6.45, 7) is 6.68. The van der Waals surface area contributed by atoms with Gasteiger partial charge in [0.2, 0.25) is 5.91 Å². The van der Waals surface area contributed by atoms with Crippen LogP contribution in [0.1, 0.15) is 75.4 Å². The lowest BCUT2D eigenvalue weighted by Crippen LogP contribution is -2.40. The van der Waals surface area contributed by atoms with E-state index >= 15 is 0 Å². The highest BCUT2D eigenvalue weighted by Crippen LogP contribution is 2.43. The first kappa shape index (κ1) is 18.3. The van der Waals surface area contributed by atoms with E-state index < -0.39 is 0 Å². The van der Waals surface area contributed by atoms with E-state index in [2.05, 4.69) is 55.0 Å². The number of benzene rings is 1. The molecule has 1 aromatic heterocycles. The lowest BCUT2D eigenvalue weighted by atomic mass is 9.73. The monoisotopic (exact) mass is 365 g/mol. The molecule has 144 valence electrons.